The third-order valence-electron chi connectivity index (χ3n) is 4.73. The summed E-state index contributed by atoms with van der Waals surface area (Å²) in [7, 11) is 0. The average Bonchev–Trinajstić information content (AvgIpc) is 2.97. The van der Waals surface area contributed by atoms with Crippen LogP contribution >= 0.6 is 0 Å². The van der Waals surface area contributed by atoms with Gasteiger partial charge in [-0.25, -0.2) is 0 Å². The van der Waals surface area contributed by atoms with Crippen LogP contribution < -0.4 is 0 Å². The van der Waals surface area contributed by atoms with Crippen LogP contribution in [-0.4, -0.2) is 38.8 Å². The van der Waals surface area contributed by atoms with Gasteiger partial charge in [0.1, 0.15) is 6.71 Å². The molecule has 3 atom stereocenters. The van der Waals surface area contributed by atoms with Crippen molar-refractivity contribution in [2.75, 3.05) is 13.2 Å². The number of ether oxygens (including phenoxy) is 1. The van der Waals surface area contributed by atoms with E-state index in [1.54, 1.807) is 0 Å². The molecule has 1 aliphatic heterocycles. The van der Waals surface area contributed by atoms with E-state index in [2.05, 4.69) is 41.5 Å². The van der Waals surface area contributed by atoms with E-state index in [0.717, 1.165) is 37.4 Å². The normalized spacial score (nSPS) is 18.6. The minimum atomic E-state index is 0. The van der Waals surface area contributed by atoms with Crippen LogP contribution in [0.4, 0.5) is 0 Å². The summed E-state index contributed by atoms with van der Waals surface area (Å²) in [5.41, 5.74) is 0. The fraction of sp³-hybridized carbons (Fsp3) is 1.00. The molecule has 0 radical (unpaired) electrons. The van der Waals surface area contributed by atoms with Gasteiger partial charge < -0.3 is 4.74 Å². The first-order valence-electron chi connectivity index (χ1n) is 8.16. The summed E-state index contributed by atoms with van der Waals surface area (Å²) in [6.07, 6.45) is 6.55. The molecule has 0 aromatic heterocycles. The first-order chi connectivity index (χ1) is 8.58. The minimum absolute atomic E-state index is 0. The fourth-order valence-corrected chi connectivity index (χ4v) is 3.01. The molecule has 110 valence electrons. The molecule has 0 aromatic carbocycles. The molecule has 1 saturated heterocycles. The maximum atomic E-state index is 4.94. The first-order valence-corrected chi connectivity index (χ1v) is 8.16. The molecule has 0 N–H and O–H groups in total. The standard InChI is InChI=1S/C12H27B.C4H8O.Li.H/c1-7-10(4)13(11(5)8-2)12(6)9-3;1-2-4-5-3-1;;/h10-12H,7-9H2,1-6H3;1-4H2;;. The Balaban J connectivity index is 0. The van der Waals surface area contributed by atoms with Crippen molar-refractivity contribution in [1.29, 1.82) is 0 Å². The van der Waals surface area contributed by atoms with Crippen molar-refractivity contribution >= 4 is 25.6 Å². The Kier molecular flexibility index (Phi) is 15.7. The summed E-state index contributed by atoms with van der Waals surface area (Å²) in [5, 5.41) is 0. The van der Waals surface area contributed by atoms with Crippen LogP contribution in [-0.2, 0) is 4.74 Å². The predicted molar refractivity (Wildman–Crippen MR) is 92.1 cm³/mol. The summed E-state index contributed by atoms with van der Waals surface area (Å²) in [6, 6.07) is 0. The van der Waals surface area contributed by atoms with Gasteiger partial charge in [-0.2, -0.15) is 0 Å². The molecular formula is C16H36BLiO. The molecule has 1 heterocycles. The molecule has 0 bridgehead atoms. The molecule has 1 nitrogen and oxygen atoms in total. The third kappa shape index (κ3) is 9.22. The Bertz CT molecular complexity index is 154. The Hall–Kier alpha value is 0.622. The zero-order chi connectivity index (χ0) is 14.0. The molecule has 0 aromatic rings. The van der Waals surface area contributed by atoms with Crippen molar-refractivity contribution in [1.82, 2.24) is 0 Å². The second-order valence-electron chi connectivity index (χ2n) is 6.05. The van der Waals surface area contributed by atoms with Crippen LogP contribution in [0.2, 0.25) is 17.5 Å². The van der Waals surface area contributed by atoms with E-state index in [1.165, 1.54) is 32.1 Å². The van der Waals surface area contributed by atoms with Crippen LogP contribution in [0.5, 0.6) is 0 Å². The Morgan fingerprint density at radius 1 is 0.789 bits per heavy atom. The van der Waals surface area contributed by atoms with Gasteiger partial charge in [-0.15, -0.1) is 0 Å². The van der Waals surface area contributed by atoms with E-state index in [0.29, 0.717) is 0 Å². The topological polar surface area (TPSA) is 9.23 Å². The van der Waals surface area contributed by atoms with Gasteiger partial charge in [0.05, 0.1) is 0 Å². The summed E-state index contributed by atoms with van der Waals surface area (Å²) >= 11 is 0. The van der Waals surface area contributed by atoms with Gasteiger partial charge in [0.25, 0.3) is 0 Å². The zero-order valence-electron chi connectivity index (χ0n) is 13.7. The number of hydrogen-bond acceptors (Lipinski definition) is 1. The Morgan fingerprint density at radius 3 is 1.26 bits per heavy atom. The average molecular weight is 262 g/mol. The van der Waals surface area contributed by atoms with Gasteiger partial charge in [-0.3, -0.25) is 0 Å². The van der Waals surface area contributed by atoms with Gasteiger partial charge in [0, 0.05) is 13.2 Å². The van der Waals surface area contributed by atoms with Crippen LogP contribution in [0.1, 0.15) is 73.6 Å². The summed E-state index contributed by atoms with van der Waals surface area (Å²) < 4.78 is 4.94. The van der Waals surface area contributed by atoms with Gasteiger partial charge >= 0.3 is 18.9 Å². The van der Waals surface area contributed by atoms with Gasteiger partial charge in [0.15, 0.2) is 0 Å². The molecular weight excluding hydrogens is 226 g/mol. The van der Waals surface area contributed by atoms with E-state index in [-0.39, 0.29) is 18.9 Å². The second kappa shape index (κ2) is 13.6. The second-order valence-corrected chi connectivity index (χ2v) is 6.05. The molecule has 1 aliphatic rings. The van der Waals surface area contributed by atoms with Gasteiger partial charge in [-0.05, 0) is 12.8 Å². The SMILES string of the molecule is C1CCOC1.CCC(C)B(C(C)CC)C(C)CC.[LiH]. The molecule has 3 unspecified atom stereocenters. The van der Waals surface area contributed by atoms with Crippen molar-refractivity contribution in [2.24, 2.45) is 0 Å². The molecule has 1 fully saturated rings. The van der Waals surface area contributed by atoms with Crippen LogP contribution in [0.25, 0.3) is 0 Å². The van der Waals surface area contributed by atoms with E-state index in [1.807, 2.05) is 0 Å². The van der Waals surface area contributed by atoms with E-state index in [9.17, 15) is 0 Å². The molecule has 1 rings (SSSR count). The van der Waals surface area contributed by atoms with Crippen LogP contribution in [0.3, 0.4) is 0 Å². The first kappa shape index (κ1) is 21.9. The van der Waals surface area contributed by atoms with E-state index in [4.69, 9.17) is 4.74 Å². The summed E-state index contributed by atoms with van der Waals surface area (Å²) in [5.74, 6) is 2.68. The summed E-state index contributed by atoms with van der Waals surface area (Å²) in [6.45, 7) is 17.2. The molecule has 0 aliphatic carbocycles. The van der Waals surface area contributed by atoms with Crippen LogP contribution in [0, 0.1) is 0 Å². The Morgan fingerprint density at radius 2 is 1.11 bits per heavy atom. The summed E-state index contributed by atoms with van der Waals surface area (Å²) in [4.78, 5) is 0. The predicted octanol–water partition coefficient (Wildman–Crippen LogP) is 5.03. The number of hydrogen-bond donors (Lipinski definition) is 0. The fourth-order valence-electron chi connectivity index (χ4n) is 3.01. The van der Waals surface area contributed by atoms with Gasteiger partial charge in [0.2, 0.25) is 0 Å². The molecule has 3 heteroatoms. The molecule has 0 amide bonds. The van der Waals surface area contributed by atoms with Crippen molar-refractivity contribution in [3.05, 3.63) is 0 Å². The van der Waals surface area contributed by atoms with Crippen molar-refractivity contribution in [3.63, 3.8) is 0 Å². The third-order valence-corrected chi connectivity index (χ3v) is 4.73. The van der Waals surface area contributed by atoms with Crippen molar-refractivity contribution < 1.29 is 4.74 Å². The van der Waals surface area contributed by atoms with Crippen molar-refractivity contribution in [2.45, 2.75) is 91.1 Å². The van der Waals surface area contributed by atoms with E-state index < -0.39 is 0 Å². The Labute approximate surface area is 134 Å². The van der Waals surface area contributed by atoms with E-state index >= 15 is 0 Å². The van der Waals surface area contributed by atoms with Crippen molar-refractivity contribution in [3.8, 4) is 0 Å². The quantitative estimate of drug-likeness (QED) is 0.610. The molecule has 0 spiro atoms. The molecule has 19 heavy (non-hydrogen) atoms. The number of rotatable bonds is 6. The monoisotopic (exact) mass is 262 g/mol. The maximum absolute atomic E-state index is 4.94. The zero-order valence-corrected chi connectivity index (χ0v) is 13.7. The van der Waals surface area contributed by atoms with Gasteiger partial charge in [-0.1, -0.05) is 78.3 Å². The van der Waals surface area contributed by atoms with Crippen LogP contribution in [0.15, 0.2) is 0 Å². The molecule has 0 saturated carbocycles.